The van der Waals surface area contributed by atoms with E-state index < -0.39 is 0 Å². The normalized spacial score (nSPS) is 12.5. The lowest BCUT2D eigenvalue weighted by Crippen LogP contribution is -2.18. The Labute approximate surface area is 79.5 Å². The standard InChI is InChI=1S/C11H16O2/c1-3-10(12-2)9-13-11-7-5-4-6-8-11/h4-8,10H,3,9H2,1-2H3. The highest BCUT2D eigenvalue weighted by atomic mass is 16.5. The van der Waals surface area contributed by atoms with Crippen molar-refractivity contribution in [3.63, 3.8) is 0 Å². The van der Waals surface area contributed by atoms with Gasteiger partial charge < -0.3 is 9.47 Å². The minimum Gasteiger partial charge on any atom is -0.491 e. The van der Waals surface area contributed by atoms with Crippen molar-refractivity contribution >= 4 is 0 Å². The molecule has 0 aliphatic rings. The first-order valence-electron chi connectivity index (χ1n) is 4.57. The average Bonchev–Trinajstić information content (AvgIpc) is 2.21. The topological polar surface area (TPSA) is 18.5 Å². The fourth-order valence-corrected chi connectivity index (χ4v) is 1.06. The molecule has 0 saturated carbocycles. The zero-order valence-electron chi connectivity index (χ0n) is 8.19. The minimum atomic E-state index is 0.195. The zero-order chi connectivity index (χ0) is 9.52. The molecule has 0 aromatic heterocycles. The van der Waals surface area contributed by atoms with Crippen LogP contribution in [0.4, 0.5) is 0 Å². The molecule has 1 aromatic carbocycles. The van der Waals surface area contributed by atoms with Crippen LogP contribution in [0, 0.1) is 0 Å². The van der Waals surface area contributed by atoms with Gasteiger partial charge in [0.15, 0.2) is 0 Å². The van der Waals surface area contributed by atoms with E-state index in [0.717, 1.165) is 12.2 Å². The molecule has 0 aliphatic carbocycles. The Morgan fingerprint density at radius 2 is 1.92 bits per heavy atom. The van der Waals surface area contributed by atoms with Crippen LogP contribution in [0.3, 0.4) is 0 Å². The monoisotopic (exact) mass is 180 g/mol. The van der Waals surface area contributed by atoms with Crippen LogP contribution in [0.25, 0.3) is 0 Å². The number of para-hydroxylation sites is 1. The van der Waals surface area contributed by atoms with E-state index in [0.29, 0.717) is 6.61 Å². The quantitative estimate of drug-likeness (QED) is 0.693. The second-order valence-electron chi connectivity index (χ2n) is 2.89. The molecule has 1 unspecified atom stereocenters. The lowest BCUT2D eigenvalue weighted by atomic mass is 10.3. The van der Waals surface area contributed by atoms with Crippen molar-refractivity contribution in [2.45, 2.75) is 19.4 Å². The zero-order valence-corrected chi connectivity index (χ0v) is 8.19. The van der Waals surface area contributed by atoms with Crippen molar-refractivity contribution in [2.75, 3.05) is 13.7 Å². The van der Waals surface area contributed by atoms with Gasteiger partial charge in [0, 0.05) is 7.11 Å². The van der Waals surface area contributed by atoms with Gasteiger partial charge in [-0.1, -0.05) is 25.1 Å². The Balaban J connectivity index is 2.34. The lowest BCUT2D eigenvalue weighted by molar-refractivity contribution is 0.0556. The van der Waals surface area contributed by atoms with Crippen LogP contribution in [0.1, 0.15) is 13.3 Å². The number of ether oxygens (including phenoxy) is 2. The molecule has 2 heteroatoms. The van der Waals surface area contributed by atoms with Crippen LogP contribution in [-0.4, -0.2) is 19.8 Å². The summed E-state index contributed by atoms with van der Waals surface area (Å²) in [6.07, 6.45) is 1.17. The smallest absolute Gasteiger partial charge is 0.119 e. The van der Waals surface area contributed by atoms with Gasteiger partial charge in [0.2, 0.25) is 0 Å². The summed E-state index contributed by atoms with van der Waals surface area (Å²) in [5, 5.41) is 0. The van der Waals surface area contributed by atoms with Crippen LogP contribution in [0.5, 0.6) is 5.75 Å². The first-order valence-corrected chi connectivity index (χ1v) is 4.57. The van der Waals surface area contributed by atoms with E-state index in [-0.39, 0.29) is 6.10 Å². The number of hydrogen-bond acceptors (Lipinski definition) is 2. The maximum absolute atomic E-state index is 5.52. The molecule has 0 saturated heterocycles. The lowest BCUT2D eigenvalue weighted by Gasteiger charge is -2.13. The molecule has 0 N–H and O–H groups in total. The van der Waals surface area contributed by atoms with E-state index in [9.17, 15) is 0 Å². The number of benzene rings is 1. The Bertz CT molecular complexity index is 217. The second kappa shape index (κ2) is 5.60. The molecule has 0 aliphatic heterocycles. The van der Waals surface area contributed by atoms with Crippen LogP contribution in [0.15, 0.2) is 30.3 Å². The number of hydrogen-bond donors (Lipinski definition) is 0. The molecule has 0 heterocycles. The molecule has 0 spiro atoms. The van der Waals surface area contributed by atoms with Gasteiger partial charge in [-0.3, -0.25) is 0 Å². The summed E-state index contributed by atoms with van der Waals surface area (Å²) in [5.74, 6) is 0.901. The molecule has 0 bridgehead atoms. The van der Waals surface area contributed by atoms with Crippen LogP contribution >= 0.6 is 0 Å². The molecular weight excluding hydrogens is 164 g/mol. The van der Waals surface area contributed by atoms with Gasteiger partial charge in [-0.2, -0.15) is 0 Å². The van der Waals surface area contributed by atoms with Crippen molar-refractivity contribution in [3.05, 3.63) is 30.3 Å². The fourth-order valence-electron chi connectivity index (χ4n) is 1.06. The molecule has 0 amide bonds. The van der Waals surface area contributed by atoms with Gasteiger partial charge >= 0.3 is 0 Å². The van der Waals surface area contributed by atoms with Gasteiger partial charge in [-0.25, -0.2) is 0 Å². The van der Waals surface area contributed by atoms with Crippen molar-refractivity contribution in [2.24, 2.45) is 0 Å². The fraction of sp³-hybridized carbons (Fsp3) is 0.455. The Hall–Kier alpha value is -1.02. The Morgan fingerprint density at radius 1 is 1.23 bits per heavy atom. The number of methoxy groups -OCH3 is 1. The van der Waals surface area contributed by atoms with E-state index in [1.807, 2.05) is 30.3 Å². The SMILES string of the molecule is CCC(COc1ccccc1)OC. The van der Waals surface area contributed by atoms with Crippen LogP contribution in [-0.2, 0) is 4.74 Å². The number of rotatable bonds is 5. The first kappa shape index (κ1) is 10.1. The minimum absolute atomic E-state index is 0.195. The van der Waals surface area contributed by atoms with E-state index >= 15 is 0 Å². The molecule has 0 fully saturated rings. The average molecular weight is 180 g/mol. The van der Waals surface area contributed by atoms with Gasteiger partial charge in [-0.15, -0.1) is 0 Å². The largest absolute Gasteiger partial charge is 0.491 e. The van der Waals surface area contributed by atoms with Gasteiger partial charge in [0.1, 0.15) is 12.4 Å². The summed E-state index contributed by atoms with van der Waals surface area (Å²) < 4.78 is 10.7. The van der Waals surface area contributed by atoms with E-state index in [4.69, 9.17) is 9.47 Å². The van der Waals surface area contributed by atoms with Crippen LogP contribution < -0.4 is 4.74 Å². The third-order valence-electron chi connectivity index (χ3n) is 1.97. The van der Waals surface area contributed by atoms with Crippen molar-refractivity contribution in [1.82, 2.24) is 0 Å². The molecule has 2 nitrogen and oxygen atoms in total. The van der Waals surface area contributed by atoms with Gasteiger partial charge in [0.05, 0.1) is 6.10 Å². The maximum Gasteiger partial charge on any atom is 0.119 e. The highest BCUT2D eigenvalue weighted by Crippen LogP contribution is 2.09. The summed E-state index contributed by atoms with van der Waals surface area (Å²) in [7, 11) is 1.71. The highest BCUT2D eigenvalue weighted by Gasteiger charge is 2.03. The molecule has 0 radical (unpaired) electrons. The third kappa shape index (κ3) is 3.47. The molecule has 1 atom stereocenters. The van der Waals surface area contributed by atoms with Gasteiger partial charge in [-0.05, 0) is 18.6 Å². The first-order chi connectivity index (χ1) is 6.36. The summed E-state index contributed by atoms with van der Waals surface area (Å²) in [6, 6.07) is 9.79. The third-order valence-corrected chi connectivity index (χ3v) is 1.97. The van der Waals surface area contributed by atoms with E-state index in [1.54, 1.807) is 7.11 Å². The molecule has 72 valence electrons. The molecule has 1 rings (SSSR count). The van der Waals surface area contributed by atoms with Crippen molar-refractivity contribution in [3.8, 4) is 5.75 Å². The molecule has 1 aromatic rings. The van der Waals surface area contributed by atoms with Crippen molar-refractivity contribution in [1.29, 1.82) is 0 Å². The molecular formula is C11H16O2. The van der Waals surface area contributed by atoms with Gasteiger partial charge in [0.25, 0.3) is 0 Å². The second-order valence-corrected chi connectivity index (χ2v) is 2.89. The predicted molar refractivity (Wildman–Crippen MR) is 53.0 cm³/mol. The highest BCUT2D eigenvalue weighted by molar-refractivity contribution is 5.20. The van der Waals surface area contributed by atoms with E-state index in [1.165, 1.54) is 0 Å². The Kier molecular flexibility index (Phi) is 4.33. The predicted octanol–water partition coefficient (Wildman–Crippen LogP) is 2.49. The summed E-state index contributed by atoms with van der Waals surface area (Å²) in [5.41, 5.74) is 0. The summed E-state index contributed by atoms with van der Waals surface area (Å²) in [4.78, 5) is 0. The van der Waals surface area contributed by atoms with Crippen LogP contribution in [0.2, 0.25) is 0 Å². The maximum atomic E-state index is 5.52. The molecule has 13 heavy (non-hydrogen) atoms. The van der Waals surface area contributed by atoms with E-state index in [2.05, 4.69) is 6.92 Å². The summed E-state index contributed by atoms with van der Waals surface area (Å²) >= 11 is 0. The van der Waals surface area contributed by atoms with Crippen molar-refractivity contribution < 1.29 is 9.47 Å². The summed E-state index contributed by atoms with van der Waals surface area (Å²) in [6.45, 7) is 2.71. The Morgan fingerprint density at radius 3 is 2.46 bits per heavy atom.